The van der Waals surface area contributed by atoms with Crippen LogP contribution in [0.1, 0.15) is 24.2 Å². The Bertz CT molecular complexity index is 455. The Morgan fingerprint density at radius 2 is 2.05 bits per heavy atom. The quantitative estimate of drug-likeness (QED) is 0.789. The fraction of sp³-hybridized carbons (Fsp3) is 0.462. The summed E-state index contributed by atoms with van der Waals surface area (Å²) in [6.07, 6.45) is 1.91. The van der Waals surface area contributed by atoms with Gasteiger partial charge < -0.3 is 10.6 Å². The van der Waals surface area contributed by atoms with E-state index in [-0.39, 0.29) is 11.9 Å². The molecule has 1 rings (SSSR count). The molecule has 0 unspecified atom stereocenters. The van der Waals surface area contributed by atoms with Crippen LogP contribution in [0.2, 0.25) is 10.0 Å². The molecule has 0 bridgehead atoms. The lowest BCUT2D eigenvalue weighted by Crippen LogP contribution is -2.38. The maximum atomic E-state index is 12.1. The van der Waals surface area contributed by atoms with Crippen molar-refractivity contribution >= 4 is 40.9 Å². The molecule has 0 fully saturated rings. The maximum absolute atomic E-state index is 12.1. The van der Waals surface area contributed by atoms with Crippen LogP contribution in [-0.4, -0.2) is 31.3 Å². The molecule has 0 aliphatic carbocycles. The largest absolute Gasteiger partial charge is 0.350 e. The van der Waals surface area contributed by atoms with E-state index in [4.69, 9.17) is 23.2 Å². The van der Waals surface area contributed by atoms with Crippen molar-refractivity contribution in [2.75, 3.05) is 19.3 Å². The van der Waals surface area contributed by atoms with Gasteiger partial charge in [0.25, 0.3) is 5.91 Å². The number of hydrogen-bond acceptors (Lipinski definition) is 3. The molecule has 0 saturated carbocycles. The number of halogens is 2. The van der Waals surface area contributed by atoms with Crippen LogP contribution in [0.15, 0.2) is 17.0 Å². The molecular formula is C13H18Cl2N2OS. The lowest BCUT2D eigenvalue weighted by molar-refractivity contribution is 0.0950. The van der Waals surface area contributed by atoms with E-state index >= 15 is 0 Å². The molecule has 3 nitrogen and oxygen atoms in total. The summed E-state index contributed by atoms with van der Waals surface area (Å²) in [5.74, 6) is -0.179. The van der Waals surface area contributed by atoms with Gasteiger partial charge in [-0.3, -0.25) is 4.79 Å². The first-order valence-corrected chi connectivity index (χ1v) is 8.02. The zero-order chi connectivity index (χ0) is 14.4. The average Bonchev–Trinajstić information content (AvgIpc) is 2.36. The van der Waals surface area contributed by atoms with Crippen molar-refractivity contribution in [1.29, 1.82) is 0 Å². The standard InChI is InChI=1S/C13H18Cl2N2OS/c1-4-16-8(2)7-17-13(18)9-5-12(19-3)11(15)6-10(9)14/h5-6,8,16H,4,7H2,1-3H3,(H,17,18)/t8-/m1/s1. The van der Waals surface area contributed by atoms with E-state index in [1.54, 1.807) is 12.1 Å². The van der Waals surface area contributed by atoms with Crippen molar-refractivity contribution in [2.45, 2.75) is 24.8 Å². The molecule has 0 aromatic heterocycles. The van der Waals surface area contributed by atoms with Gasteiger partial charge in [-0.2, -0.15) is 0 Å². The second-order valence-corrected chi connectivity index (χ2v) is 5.80. The average molecular weight is 321 g/mol. The minimum absolute atomic E-state index is 0.179. The second kappa shape index (κ2) is 8.00. The smallest absolute Gasteiger partial charge is 0.252 e. The second-order valence-electron chi connectivity index (χ2n) is 4.14. The van der Waals surface area contributed by atoms with Gasteiger partial charge in [-0.1, -0.05) is 30.1 Å². The third kappa shape index (κ3) is 4.88. The SMILES string of the molecule is CCN[C@H](C)CNC(=O)c1cc(SC)c(Cl)cc1Cl. The van der Waals surface area contributed by atoms with Gasteiger partial charge in [0.15, 0.2) is 0 Å². The Morgan fingerprint density at radius 3 is 2.63 bits per heavy atom. The summed E-state index contributed by atoms with van der Waals surface area (Å²) < 4.78 is 0. The minimum Gasteiger partial charge on any atom is -0.350 e. The van der Waals surface area contributed by atoms with Crippen LogP contribution in [-0.2, 0) is 0 Å². The number of benzene rings is 1. The topological polar surface area (TPSA) is 41.1 Å². The molecule has 1 atom stereocenters. The molecule has 0 radical (unpaired) electrons. The van der Waals surface area contributed by atoms with Gasteiger partial charge in [-0.25, -0.2) is 0 Å². The number of carbonyl (C=O) groups excluding carboxylic acids is 1. The van der Waals surface area contributed by atoms with E-state index in [1.807, 2.05) is 20.1 Å². The summed E-state index contributed by atoms with van der Waals surface area (Å²) in [5.41, 5.74) is 0.458. The highest BCUT2D eigenvalue weighted by Crippen LogP contribution is 2.31. The first-order chi connectivity index (χ1) is 8.99. The predicted molar refractivity (Wildman–Crippen MR) is 83.7 cm³/mol. The van der Waals surface area contributed by atoms with E-state index in [9.17, 15) is 4.79 Å². The van der Waals surface area contributed by atoms with E-state index in [0.29, 0.717) is 22.2 Å². The Morgan fingerprint density at radius 1 is 1.37 bits per heavy atom. The van der Waals surface area contributed by atoms with Crippen LogP contribution in [0, 0.1) is 0 Å². The summed E-state index contributed by atoms with van der Waals surface area (Å²) in [6, 6.07) is 3.56. The molecule has 6 heteroatoms. The number of carbonyl (C=O) groups is 1. The monoisotopic (exact) mass is 320 g/mol. The highest BCUT2D eigenvalue weighted by atomic mass is 35.5. The van der Waals surface area contributed by atoms with Gasteiger partial charge in [-0.05, 0) is 31.9 Å². The Hall–Kier alpha value is -0.420. The fourth-order valence-corrected chi connectivity index (χ4v) is 2.81. The Labute approximate surface area is 128 Å². The van der Waals surface area contributed by atoms with Gasteiger partial charge in [0.1, 0.15) is 0 Å². The summed E-state index contributed by atoms with van der Waals surface area (Å²) in [7, 11) is 0. The summed E-state index contributed by atoms with van der Waals surface area (Å²) >= 11 is 13.6. The lowest BCUT2D eigenvalue weighted by atomic mass is 10.2. The molecule has 106 valence electrons. The van der Waals surface area contributed by atoms with E-state index in [0.717, 1.165) is 11.4 Å². The number of rotatable bonds is 6. The van der Waals surface area contributed by atoms with E-state index in [1.165, 1.54) is 11.8 Å². The zero-order valence-corrected chi connectivity index (χ0v) is 13.5. The molecule has 0 aliphatic rings. The van der Waals surface area contributed by atoms with Crippen LogP contribution in [0.4, 0.5) is 0 Å². The zero-order valence-electron chi connectivity index (χ0n) is 11.2. The molecule has 0 spiro atoms. The number of nitrogens with one attached hydrogen (secondary N) is 2. The lowest BCUT2D eigenvalue weighted by Gasteiger charge is -2.14. The summed E-state index contributed by atoms with van der Waals surface area (Å²) in [4.78, 5) is 12.9. The number of amides is 1. The Kier molecular flexibility index (Phi) is 7.00. The molecule has 1 aromatic rings. The molecular weight excluding hydrogens is 303 g/mol. The number of hydrogen-bond donors (Lipinski definition) is 2. The molecule has 1 aromatic carbocycles. The molecule has 0 heterocycles. The number of likely N-dealkylation sites (N-methyl/N-ethyl adjacent to an activating group) is 1. The maximum Gasteiger partial charge on any atom is 0.252 e. The van der Waals surface area contributed by atoms with Crippen LogP contribution in [0.25, 0.3) is 0 Å². The normalized spacial score (nSPS) is 12.3. The van der Waals surface area contributed by atoms with Crippen molar-refractivity contribution in [3.05, 3.63) is 27.7 Å². The van der Waals surface area contributed by atoms with Crippen molar-refractivity contribution in [3.63, 3.8) is 0 Å². The molecule has 0 saturated heterocycles. The van der Waals surface area contributed by atoms with Crippen LogP contribution in [0.3, 0.4) is 0 Å². The summed E-state index contributed by atoms with van der Waals surface area (Å²) in [6.45, 7) is 5.47. The molecule has 0 aliphatic heterocycles. The van der Waals surface area contributed by atoms with Crippen LogP contribution in [0.5, 0.6) is 0 Å². The molecule has 19 heavy (non-hydrogen) atoms. The van der Waals surface area contributed by atoms with Crippen molar-refractivity contribution in [3.8, 4) is 0 Å². The van der Waals surface area contributed by atoms with Gasteiger partial charge in [0.05, 0.1) is 15.6 Å². The van der Waals surface area contributed by atoms with Crippen molar-refractivity contribution < 1.29 is 4.79 Å². The van der Waals surface area contributed by atoms with Gasteiger partial charge in [0, 0.05) is 17.5 Å². The Balaban J connectivity index is 2.76. The highest BCUT2D eigenvalue weighted by Gasteiger charge is 2.14. The van der Waals surface area contributed by atoms with Gasteiger partial charge >= 0.3 is 0 Å². The van der Waals surface area contributed by atoms with Crippen LogP contribution >= 0.6 is 35.0 Å². The summed E-state index contributed by atoms with van der Waals surface area (Å²) in [5, 5.41) is 7.02. The molecule has 2 N–H and O–H groups in total. The predicted octanol–water partition coefficient (Wildman–Crippen LogP) is 3.44. The number of thioether (sulfide) groups is 1. The first-order valence-electron chi connectivity index (χ1n) is 6.04. The molecule has 1 amide bonds. The van der Waals surface area contributed by atoms with Gasteiger partial charge in [-0.15, -0.1) is 11.8 Å². The van der Waals surface area contributed by atoms with Crippen LogP contribution < -0.4 is 10.6 Å². The fourth-order valence-electron chi connectivity index (χ4n) is 1.62. The third-order valence-corrected chi connectivity index (χ3v) is 4.12. The van der Waals surface area contributed by atoms with Crippen molar-refractivity contribution in [1.82, 2.24) is 10.6 Å². The van der Waals surface area contributed by atoms with E-state index < -0.39 is 0 Å². The highest BCUT2D eigenvalue weighted by molar-refractivity contribution is 7.98. The third-order valence-electron chi connectivity index (χ3n) is 2.61. The minimum atomic E-state index is -0.179. The first kappa shape index (κ1) is 16.6. The van der Waals surface area contributed by atoms with Gasteiger partial charge in [0.2, 0.25) is 0 Å². The van der Waals surface area contributed by atoms with E-state index in [2.05, 4.69) is 10.6 Å². The van der Waals surface area contributed by atoms with Crippen molar-refractivity contribution in [2.24, 2.45) is 0 Å².